The highest BCUT2D eigenvalue weighted by molar-refractivity contribution is 6.00. The maximum absolute atomic E-state index is 12.7. The smallest absolute Gasteiger partial charge is 0.255 e. The molecule has 0 radical (unpaired) electrons. The Labute approximate surface area is 174 Å². The van der Waals surface area contributed by atoms with Gasteiger partial charge in [0.15, 0.2) is 11.5 Å². The maximum Gasteiger partial charge on any atom is 0.255 e. The number of carbonyl (C=O) groups excluding carboxylic acids is 2. The Morgan fingerprint density at radius 1 is 1.17 bits per heavy atom. The molecule has 0 fully saturated rings. The van der Waals surface area contributed by atoms with E-state index in [-0.39, 0.29) is 17.7 Å². The first-order valence-corrected chi connectivity index (χ1v) is 9.67. The molecule has 2 aliphatic heterocycles. The lowest BCUT2D eigenvalue weighted by Crippen LogP contribution is -2.47. The van der Waals surface area contributed by atoms with E-state index in [9.17, 15) is 9.59 Å². The van der Waals surface area contributed by atoms with Crippen molar-refractivity contribution in [3.63, 3.8) is 0 Å². The van der Waals surface area contributed by atoms with Crippen LogP contribution in [0.1, 0.15) is 24.5 Å². The lowest BCUT2D eigenvalue weighted by Gasteiger charge is -2.38. The Bertz CT molecular complexity index is 982. The number of rotatable bonds is 5. The second-order valence-corrected chi connectivity index (χ2v) is 7.48. The van der Waals surface area contributed by atoms with Crippen molar-refractivity contribution in [2.75, 3.05) is 28.4 Å². The van der Waals surface area contributed by atoms with Crippen molar-refractivity contribution in [1.82, 2.24) is 5.32 Å². The van der Waals surface area contributed by atoms with Gasteiger partial charge in [-0.25, -0.2) is 0 Å². The quantitative estimate of drug-likeness (QED) is 0.733. The second-order valence-electron chi connectivity index (χ2n) is 7.48. The van der Waals surface area contributed by atoms with Gasteiger partial charge in [0.05, 0.1) is 27.4 Å². The lowest BCUT2D eigenvalue weighted by atomic mass is 9.82. The first-order chi connectivity index (χ1) is 14.4. The van der Waals surface area contributed by atoms with Gasteiger partial charge in [-0.2, -0.15) is 0 Å². The molecule has 1 spiro atoms. The summed E-state index contributed by atoms with van der Waals surface area (Å²) in [4.78, 5) is 24.7. The number of methoxy groups -OCH3 is 4. The maximum atomic E-state index is 12.7. The number of ketones is 1. The second kappa shape index (κ2) is 7.14. The molecular weight excluding hydrogens is 390 g/mol. The number of amides is 1. The molecule has 8 nitrogen and oxygen atoms in total. The molecule has 4 rings (SSSR count). The van der Waals surface area contributed by atoms with Crippen LogP contribution in [0.3, 0.4) is 0 Å². The van der Waals surface area contributed by atoms with Gasteiger partial charge < -0.3 is 29.0 Å². The zero-order valence-electron chi connectivity index (χ0n) is 17.7. The monoisotopic (exact) mass is 415 g/mol. The Balaban J connectivity index is 2.05. The molecule has 3 atom stereocenters. The van der Waals surface area contributed by atoms with Gasteiger partial charge in [-0.3, -0.25) is 9.59 Å². The van der Waals surface area contributed by atoms with Crippen molar-refractivity contribution in [2.24, 2.45) is 0 Å². The van der Waals surface area contributed by atoms with Crippen LogP contribution in [0.4, 0.5) is 0 Å². The van der Waals surface area contributed by atoms with Crippen LogP contribution < -0.4 is 19.5 Å². The zero-order chi connectivity index (χ0) is 21.7. The van der Waals surface area contributed by atoms with Crippen molar-refractivity contribution in [3.05, 3.63) is 41.0 Å². The van der Waals surface area contributed by atoms with Crippen LogP contribution in [-0.2, 0) is 31.1 Å². The molecule has 1 N–H and O–H groups in total. The zero-order valence-corrected chi connectivity index (χ0v) is 17.7. The molecule has 0 saturated carbocycles. The molecule has 2 bridgehead atoms. The molecule has 160 valence electrons. The first-order valence-electron chi connectivity index (χ1n) is 9.67. The number of nitrogens with one attached hydrogen (secondary N) is 1. The molecule has 1 aliphatic carbocycles. The number of aryl methyl sites for hydroxylation is 1. The molecule has 8 heteroatoms. The van der Waals surface area contributed by atoms with Crippen molar-refractivity contribution in [1.29, 1.82) is 0 Å². The number of ether oxygens (including phenoxy) is 5. The Morgan fingerprint density at radius 2 is 1.90 bits per heavy atom. The third-order valence-corrected chi connectivity index (χ3v) is 5.94. The van der Waals surface area contributed by atoms with Crippen LogP contribution in [0.25, 0.3) is 0 Å². The summed E-state index contributed by atoms with van der Waals surface area (Å²) in [7, 11) is 6.07. The van der Waals surface area contributed by atoms with Crippen molar-refractivity contribution >= 4 is 11.7 Å². The van der Waals surface area contributed by atoms with Gasteiger partial charge in [0.1, 0.15) is 5.60 Å². The van der Waals surface area contributed by atoms with E-state index < -0.39 is 11.4 Å². The van der Waals surface area contributed by atoms with Crippen LogP contribution in [0.15, 0.2) is 29.9 Å². The molecule has 1 aromatic carbocycles. The van der Waals surface area contributed by atoms with Crippen LogP contribution in [0.5, 0.6) is 17.2 Å². The SMILES string of the molecule is COc1cc2c(c(OC)c1OC)C13C=CC(=O)C(OC)(C=C1C(NC(C)=O)CC2)O3. The van der Waals surface area contributed by atoms with E-state index in [1.54, 1.807) is 26.4 Å². The van der Waals surface area contributed by atoms with Gasteiger partial charge in [0.2, 0.25) is 17.4 Å². The predicted octanol–water partition coefficient (Wildman–Crippen LogP) is 1.80. The van der Waals surface area contributed by atoms with Gasteiger partial charge in [-0.1, -0.05) is 0 Å². The fraction of sp³-hybridized carbons (Fsp3) is 0.455. The van der Waals surface area contributed by atoms with E-state index in [0.717, 1.165) is 11.1 Å². The van der Waals surface area contributed by atoms with Crippen molar-refractivity contribution < 1.29 is 33.3 Å². The molecule has 0 aromatic heterocycles. The Kier molecular flexibility index (Phi) is 4.86. The molecule has 30 heavy (non-hydrogen) atoms. The normalized spacial score (nSPS) is 28.8. The van der Waals surface area contributed by atoms with E-state index in [2.05, 4.69) is 5.32 Å². The van der Waals surface area contributed by atoms with Crippen LogP contribution >= 0.6 is 0 Å². The van der Waals surface area contributed by atoms with E-state index in [1.165, 1.54) is 27.2 Å². The van der Waals surface area contributed by atoms with Crippen LogP contribution in [0.2, 0.25) is 0 Å². The van der Waals surface area contributed by atoms with Gasteiger partial charge in [0.25, 0.3) is 5.79 Å². The number of carbonyl (C=O) groups is 2. The molecule has 0 saturated heterocycles. The summed E-state index contributed by atoms with van der Waals surface area (Å²) in [5.74, 6) is -0.652. The first kappa shape index (κ1) is 20.4. The summed E-state index contributed by atoms with van der Waals surface area (Å²) >= 11 is 0. The largest absolute Gasteiger partial charge is 0.493 e. The van der Waals surface area contributed by atoms with Gasteiger partial charge in [-0.15, -0.1) is 0 Å². The minimum absolute atomic E-state index is 0.174. The standard InChI is InChI=1S/C22H25NO7/c1-12(24)23-15-7-6-13-10-16(26-2)19(27-3)20(28-4)18(13)21-9-8-17(25)22(29-5,30-21)11-14(15)21/h8-11,15H,6-7H2,1-5H3,(H,23,24). The van der Waals surface area contributed by atoms with Gasteiger partial charge in [-0.05, 0) is 48.3 Å². The Morgan fingerprint density at radius 3 is 2.50 bits per heavy atom. The summed E-state index contributed by atoms with van der Waals surface area (Å²) in [6, 6.07) is 1.53. The minimum Gasteiger partial charge on any atom is -0.493 e. The molecule has 3 unspecified atom stereocenters. The molecule has 3 aliphatic rings. The summed E-state index contributed by atoms with van der Waals surface area (Å²) in [5.41, 5.74) is 1.19. The summed E-state index contributed by atoms with van der Waals surface area (Å²) < 4.78 is 28.8. The summed E-state index contributed by atoms with van der Waals surface area (Å²) in [6.07, 6.45) is 6.08. The average molecular weight is 415 g/mol. The van der Waals surface area contributed by atoms with Crippen LogP contribution in [0, 0.1) is 0 Å². The fourth-order valence-corrected chi connectivity index (χ4v) is 4.70. The highest BCUT2D eigenvalue weighted by Crippen LogP contribution is 2.58. The van der Waals surface area contributed by atoms with Gasteiger partial charge in [0, 0.05) is 19.6 Å². The highest BCUT2D eigenvalue weighted by Gasteiger charge is 2.60. The van der Waals surface area contributed by atoms with Gasteiger partial charge >= 0.3 is 0 Å². The minimum atomic E-state index is -1.56. The molecule has 1 amide bonds. The predicted molar refractivity (Wildman–Crippen MR) is 107 cm³/mol. The van der Waals surface area contributed by atoms with Crippen LogP contribution in [-0.4, -0.2) is 52.0 Å². The number of hydrogen-bond acceptors (Lipinski definition) is 7. The number of fused-ring (bicyclic) bond motifs is 2. The van der Waals surface area contributed by atoms with E-state index in [0.29, 0.717) is 35.7 Å². The fourth-order valence-electron chi connectivity index (χ4n) is 4.70. The topological polar surface area (TPSA) is 92.3 Å². The number of hydrogen-bond donors (Lipinski definition) is 1. The lowest BCUT2D eigenvalue weighted by molar-refractivity contribution is -0.214. The third-order valence-electron chi connectivity index (χ3n) is 5.94. The molecular formula is C22H25NO7. The Hall–Kier alpha value is -2.84. The summed E-state index contributed by atoms with van der Waals surface area (Å²) in [6.45, 7) is 1.47. The molecule has 1 aromatic rings. The number of benzene rings is 1. The van der Waals surface area contributed by atoms with E-state index in [1.807, 2.05) is 6.07 Å². The highest BCUT2D eigenvalue weighted by atomic mass is 16.7. The van der Waals surface area contributed by atoms with E-state index >= 15 is 0 Å². The summed E-state index contributed by atoms with van der Waals surface area (Å²) in [5, 5.41) is 2.99. The van der Waals surface area contributed by atoms with Crippen molar-refractivity contribution in [3.8, 4) is 17.2 Å². The molecule has 2 heterocycles. The average Bonchev–Trinajstić information content (AvgIpc) is 2.98. The third kappa shape index (κ3) is 2.67. The van der Waals surface area contributed by atoms with E-state index in [4.69, 9.17) is 23.7 Å². The van der Waals surface area contributed by atoms with Crippen molar-refractivity contribution in [2.45, 2.75) is 37.2 Å².